The Balaban J connectivity index is 1.16. The lowest BCUT2D eigenvalue weighted by Gasteiger charge is -2.08. The Bertz CT molecular complexity index is 1880. The van der Waals surface area contributed by atoms with Crippen molar-refractivity contribution < 1.29 is 19.0 Å². The van der Waals surface area contributed by atoms with Gasteiger partial charge in [0.1, 0.15) is 5.75 Å². The largest absolute Gasteiger partial charge is 0.484 e. The molecule has 0 saturated carbocycles. The molecular formula is C28H19N3O5. The van der Waals surface area contributed by atoms with Crippen molar-refractivity contribution in [1.29, 1.82) is 0 Å². The Morgan fingerprint density at radius 3 is 2.72 bits per heavy atom. The lowest BCUT2D eigenvalue weighted by Crippen LogP contribution is -2.28. The molecule has 0 fully saturated rings. The maximum absolute atomic E-state index is 13.4. The topological polar surface area (TPSA) is 91.2 Å². The predicted molar refractivity (Wildman–Crippen MR) is 135 cm³/mol. The van der Waals surface area contributed by atoms with E-state index in [4.69, 9.17) is 14.2 Å². The van der Waals surface area contributed by atoms with Crippen LogP contribution in [0.4, 0.5) is 0 Å². The van der Waals surface area contributed by atoms with Crippen molar-refractivity contribution >= 4 is 44.0 Å². The maximum atomic E-state index is 13.4. The summed E-state index contributed by atoms with van der Waals surface area (Å²) in [6, 6.07) is 20.5. The number of fused-ring (bicyclic) bond motifs is 6. The quantitative estimate of drug-likeness (QED) is 0.377. The number of amides is 1. The summed E-state index contributed by atoms with van der Waals surface area (Å²) in [5.41, 5.74) is 3.17. The fourth-order valence-corrected chi connectivity index (χ4v) is 4.89. The van der Waals surface area contributed by atoms with Crippen LogP contribution in [0.2, 0.25) is 0 Å². The Hall–Kier alpha value is -4.85. The molecule has 1 amide bonds. The van der Waals surface area contributed by atoms with Crippen LogP contribution in [0.25, 0.3) is 38.1 Å². The lowest BCUT2D eigenvalue weighted by atomic mass is 10.1. The second-order valence-electron chi connectivity index (χ2n) is 8.67. The van der Waals surface area contributed by atoms with Crippen molar-refractivity contribution in [2.24, 2.45) is 0 Å². The maximum Gasteiger partial charge on any atom is 0.263 e. The summed E-state index contributed by atoms with van der Waals surface area (Å²) in [7, 11) is 0. The van der Waals surface area contributed by atoms with Crippen LogP contribution in [0.3, 0.4) is 0 Å². The molecule has 3 aromatic carbocycles. The normalized spacial score (nSPS) is 12.7. The van der Waals surface area contributed by atoms with Crippen molar-refractivity contribution in [3.8, 4) is 17.2 Å². The van der Waals surface area contributed by atoms with Gasteiger partial charge in [-0.05, 0) is 48.0 Å². The standard InChI is InChI=1S/C28H19N3O5/c32-25(30-13-16-5-8-23-24(11-16)36-15-35-23)14-34-17-6-7-22-21(12-17)19-9-10-29-26-18-3-1-2-4-20(18)28(33)31(22)27(19)26/h1-12H,13-15H2,(H,30,32). The zero-order chi connectivity index (χ0) is 24.2. The molecule has 0 bridgehead atoms. The van der Waals surface area contributed by atoms with Crippen molar-refractivity contribution in [2.45, 2.75) is 6.54 Å². The molecule has 8 nitrogen and oxygen atoms in total. The number of carbonyl (C=O) groups is 1. The van der Waals surface area contributed by atoms with Crippen molar-refractivity contribution in [3.05, 3.63) is 88.8 Å². The average Bonchev–Trinajstić information content (AvgIpc) is 3.52. The SMILES string of the molecule is O=C(COc1ccc2c(c1)c1ccnc3c4ccccc4c(=O)n2c13)NCc1ccc2c(c1)OCO2. The molecule has 1 aliphatic rings. The molecule has 8 heteroatoms. The van der Waals surface area contributed by atoms with Crippen LogP contribution in [0.5, 0.6) is 17.2 Å². The van der Waals surface area contributed by atoms with Gasteiger partial charge >= 0.3 is 0 Å². The summed E-state index contributed by atoms with van der Waals surface area (Å²) in [5.74, 6) is 1.68. The fraction of sp³-hybridized carbons (Fsp3) is 0.107. The van der Waals surface area contributed by atoms with Gasteiger partial charge in [0.05, 0.1) is 16.6 Å². The number of benzene rings is 3. The van der Waals surface area contributed by atoms with Crippen LogP contribution in [0.1, 0.15) is 5.56 Å². The monoisotopic (exact) mass is 477 g/mol. The molecule has 7 rings (SSSR count). The number of ether oxygens (including phenoxy) is 3. The fourth-order valence-electron chi connectivity index (χ4n) is 4.89. The third-order valence-corrected chi connectivity index (χ3v) is 6.56. The number of nitrogens with zero attached hydrogens (tertiary/aromatic N) is 2. The second kappa shape index (κ2) is 7.84. The molecule has 4 heterocycles. The third kappa shape index (κ3) is 3.11. The van der Waals surface area contributed by atoms with E-state index in [0.717, 1.165) is 38.3 Å². The van der Waals surface area contributed by atoms with Crippen LogP contribution in [-0.2, 0) is 11.3 Å². The van der Waals surface area contributed by atoms with Gasteiger partial charge in [0.2, 0.25) is 6.79 Å². The van der Waals surface area contributed by atoms with E-state index in [9.17, 15) is 9.59 Å². The molecule has 0 spiro atoms. The van der Waals surface area contributed by atoms with Gasteiger partial charge in [-0.15, -0.1) is 0 Å². The van der Waals surface area contributed by atoms with E-state index in [1.807, 2.05) is 60.7 Å². The van der Waals surface area contributed by atoms with E-state index in [1.54, 1.807) is 16.7 Å². The number of hydrogen-bond donors (Lipinski definition) is 1. The number of rotatable bonds is 5. The molecule has 0 aliphatic carbocycles. The third-order valence-electron chi connectivity index (χ3n) is 6.56. The van der Waals surface area contributed by atoms with E-state index in [-0.39, 0.29) is 24.9 Å². The van der Waals surface area contributed by atoms with Gasteiger partial charge in [-0.2, -0.15) is 0 Å². The minimum atomic E-state index is -0.245. The van der Waals surface area contributed by atoms with Gasteiger partial charge in [-0.25, -0.2) is 0 Å². The number of carbonyl (C=O) groups excluding carboxylic acids is 1. The Morgan fingerprint density at radius 1 is 0.944 bits per heavy atom. The summed E-state index contributed by atoms with van der Waals surface area (Å²) >= 11 is 0. The van der Waals surface area contributed by atoms with Crippen LogP contribution < -0.4 is 25.1 Å². The first-order valence-electron chi connectivity index (χ1n) is 11.5. The van der Waals surface area contributed by atoms with Gasteiger partial charge in [0.25, 0.3) is 11.5 Å². The summed E-state index contributed by atoms with van der Waals surface area (Å²) in [4.78, 5) is 30.4. The first kappa shape index (κ1) is 20.5. The van der Waals surface area contributed by atoms with Crippen molar-refractivity contribution in [1.82, 2.24) is 14.7 Å². The summed E-state index contributed by atoms with van der Waals surface area (Å²) < 4.78 is 18.2. The Labute approximate surface area is 204 Å². The van der Waals surface area contributed by atoms with Crippen LogP contribution in [0.15, 0.2) is 77.7 Å². The van der Waals surface area contributed by atoms with Crippen LogP contribution in [-0.4, -0.2) is 28.7 Å². The summed E-state index contributed by atoms with van der Waals surface area (Å²) in [6.45, 7) is 0.427. The molecule has 176 valence electrons. The van der Waals surface area contributed by atoms with E-state index < -0.39 is 0 Å². The van der Waals surface area contributed by atoms with Crippen molar-refractivity contribution in [3.63, 3.8) is 0 Å². The van der Waals surface area contributed by atoms with E-state index >= 15 is 0 Å². The highest BCUT2D eigenvalue weighted by molar-refractivity contribution is 6.18. The number of hydrogen-bond acceptors (Lipinski definition) is 6. The Morgan fingerprint density at radius 2 is 1.81 bits per heavy atom. The minimum absolute atomic E-state index is 0.0809. The second-order valence-corrected chi connectivity index (χ2v) is 8.67. The zero-order valence-corrected chi connectivity index (χ0v) is 19.0. The average molecular weight is 477 g/mol. The molecule has 1 N–H and O–H groups in total. The van der Waals surface area contributed by atoms with Gasteiger partial charge in [0.15, 0.2) is 18.1 Å². The van der Waals surface area contributed by atoms with Gasteiger partial charge in [-0.1, -0.05) is 24.3 Å². The molecule has 0 unspecified atom stereocenters. The van der Waals surface area contributed by atoms with Crippen LogP contribution in [0, 0.1) is 0 Å². The predicted octanol–water partition coefficient (Wildman–Crippen LogP) is 4.02. The molecule has 0 radical (unpaired) electrons. The lowest BCUT2D eigenvalue weighted by molar-refractivity contribution is -0.123. The molecule has 0 saturated heterocycles. The number of aromatic nitrogens is 2. The Kier molecular flexibility index (Phi) is 4.47. The highest BCUT2D eigenvalue weighted by Crippen LogP contribution is 2.35. The number of pyridine rings is 2. The summed E-state index contributed by atoms with van der Waals surface area (Å²) in [5, 5.41) is 6.10. The highest BCUT2D eigenvalue weighted by Gasteiger charge is 2.18. The first-order valence-corrected chi connectivity index (χ1v) is 11.5. The zero-order valence-electron chi connectivity index (χ0n) is 19.0. The van der Waals surface area contributed by atoms with Gasteiger partial charge < -0.3 is 19.5 Å². The molecule has 6 aromatic rings. The van der Waals surface area contributed by atoms with E-state index in [1.165, 1.54) is 0 Å². The van der Waals surface area contributed by atoms with Crippen molar-refractivity contribution in [2.75, 3.05) is 13.4 Å². The van der Waals surface area contributed by atoms with Gasteiger partial charge in [-0.3, -0.25) is 19.0 Å². The van der Waals surface area contributed by atoms with Gasteiger partial charge in [0, 0.05) is 34.3 Å². The molecule has 0 atom stereocenters. The summed E-state index contributed by atoms with van der Waals surface area (Å²) in [6.07, 6.45) is 1.76. The molecule has 1 aliphatic heterocycles. The molecular weight excluding hydrogens is 458 g/mol. The van der Waals surface area contributed by atoms with E-state index in [0.29, 0.717) is 29.2 Å². The molecule has 36 heavy (non-hydrogen) atoms. The van der Waals surface area contributed by atoms with E-state index in [2.05, 4.69) is 10.3 Å². The minimum Gasteiger partial charge on any atom is -0.484 e. The highest BCUT2D eigenvalue weighted by atomic mass is 16.7. The number of nitrogens with one attached hydrogen (secondary N) is 1. The first-order chi connectivity index (χ1) is 17.7. The van der Waals surface area contributed by atoms with Crippen LogP contribution >= 0.6 is 0 Å². The smallest absolute Gasteiger partial charge is 0.263 e. The molecule has 3 aromatic heterocycles.